The Labute approximate surface area is 179 Å². The van der Waals surface area contributed by atoms with Gasteiger partial charge in [0, 0.05) is 18.7 Å². The van der Waals surface area contributed by atoms with Crippen molar-refractivity contribution in [3.63, 3.8) is 0 Å². The van der Waals surface area contributed by atoms with Gasteiger partial charge in [-0.15, -0.1) is 11.0 Å². The van der Waals surface area contributed by atoms with Gasteiger partial charge in [0.1, 0.15) is 5.25 Å². The number of carbonyl (C=O) groups is 2. The number of rotatable bonds is 7. The zero-order valence-corrected chi connectivity index (χ0v) is 17.9. The third kappa shape index (κ3) is 5.17. The van der Waals surface area contributed by atoms with E-state index in [1.54, 1.807) is 30.3 Å². The number of carbonyl (C=O) groups excluding carboxylic acids is 2. The van der Waals surface area contributed by atoms with Crippen molar-refractivity contribution < 1.29 is 18.0 Å². The first-order chi connectivity index (χ1) is 14.3. The van der Waals surface area contributed by atoms with Gasteiger partial charge in [0.25, 0.3) is 10.0 Å². The summed E-state index contributed by atoms with van der Waals surface area (Å²) in [4.78, 5) is 26.4. The molecule has 2 aromatic carbocycles. The van der Waals surface area contributed by atoms with Gasteiger partial charge in [0.15, 0.2) is 5.17 Å². The minimum absolute atomic E-state index is 0.0321. The summed E-state index contributed by atoms with van der Waals surface area (Å²) >= 11 is 0.968. The summed E-state index contributed by atoms with van der Waals surface area (Å²) in [5, 5.41) is 2.03. The molecule has 1 saturated heterocycles. The summed E-state index contributed by atoms with van der Waals surface area (Å²) in [6.07, 6.45) is 1.38. The molecule has 1 aliphatic heterocycles. The number of nitrogens with one attached hydrogen (secondary N) is 1. The molecule has 1 heterocycles. The van der Waals surface area contributed by atoms with Crippen LogP contribution in [0.4, 0.5) is 5.69 Å². The van der Waals surface area contributed by atoms with Crippen LogP contribution in [0.15, 0.2) is 76.5 Å². The molecule has 1 N–H and O–H groups in total. The van der Waals surface area contributed by atoms with Gasteiger partial charge in [-0.3, -0.25) is 14.5 Å². The Bertz CT molecular complexity index is 1080. The summed E-state index contributed by atoms with van der Waals surface area (Å²) in [6.45, 7) is 5.65. The maximum atomic E-state index is 12.8. The first-order valence-corrected chi connectivity index (χ1v) is 11.5. The topological polar surface area (TPSA) is 95.9 Å². The average molecular weight is 444 g/mol. The molecular formula is C21H21N3O4S2. The fourth-order valence-electron chi connectivity index (χ4n) is 2.77. The molecule has 1 fully saturated rings. The summed E-state index contributed by atoms with van der Waals surface area (Å²) in [5.74, 6) is -0.712. The maximum absolute atomic E-state index is 12.8. The molecule has 0 radical (unpaired) electrons. The van der Waals surface area contributed by atoms with E-state index in [4.69, 9.17) is 0 Å². The van der Waals surface area contributed by atoms with E-state index in [-0.39, 0.29) is 34.8 Å². The highest BCUT2D eigenvalue weighted by atomic mass is 32.2. The van der Waals surface area contributed by atoms with E-state index < -0.39 is 15.3 Å². The SMILES string of the molecule is C=CCN1C(=O)[C@H](CC(=O)Nc2ccc(C)cc2)SC1=NS(=O)(=O)c1ccccc1. The van der Waals surface area contributed by atoms with Crippen LogP contribution in [0.5, 0.6) is 0 Å². The van der Waals surface area contributed by atoms with Crippen LogP contribution in [0.25, 0.3) is 0 Å². The lowest BCUT2D eigenvalue weighted by Gasteiger charge is -2.13. The minimum Gasteiger partial charge on any atom is -0.326 e. The zero-order valence-electron chi connectivity index (χ0n) is 16.3. The monoisotopic (exact) mass is 443 g/mol. The molecule has 2 aromatic rings. The lowest BCUT2D eigenvalue weighted by atomic mass is 10.2. The summed E-state index contributed by atoms with van der Waals surface area (Å²) < 4.78 is 29.1. The van der Waals surface area contributed by atoms with E-state index in [0.29, 0.717) is 5.69 Å². The second-order valence-corrected chi connectivity index (χ2v) is 9.40. The van der Waals surface area contributed by atoms with Crippen LogP contribution in [-0.2, 0) is 19.6 Å². The lowest BCUT2D eigenvalue weighted by Crippen LogP contribution is -2.33. The van der Waals surface area contributed by atoms with Crippen molar-refractivity contribution in [2.24, 2.45) is 4.40 Å². The fraction of sp³-hybridized carbons (Fsp3) is 0.190. The number of anilines is 1. The van der Waals surface area contributed by atoms with Gasteiger partial charge in [-0.25, -0.2) is 0 Å². The Morgan fingerprint density at radius 2 is 1.87 bits per heavy atom. The second-order valence-electron chi connectivity index (χ2n) is 6.62. The highest BCUT2D eigenvalue weighted by Crippen LogP contribution is 2.31. The number of benzene rings is 2. The minimum atomic E-state index is -3.98. The smallest absolute Gasteiger partial charge is 0.284 e. The van der Waals surface area contributed by atoms with Crippen molar-refractivity contribution in [3.05, 3.63) is 72.8 Å². The quantitative estimate of drug-likeness (QED) is 0.663. The van der Waals surface area contributed by atoms with Crippen molar-refractivity contribution in [1.29, 1.82) is 0 Å². The third-order valence-electron chi connectivity index (χ3n) is 4.28. The molecule has 9 heteroatoms. The van der Waals surface area contributed by atoms with E-state index in [1.807, 2.05) is 19.1 Å². The van der Waals surface area contributed by atoms with E-state index in [2.05, 4.69) is 16.3 Å². The molecule has 0 aromatic heterocycles. The van der Waals surface area contributed by atoms with Crippen LogP contribution in [0.2, 0.25) is 0 Å². The number of amides is 2. The molecule has 3 rings (SSSR count). The predicted octanol–water partition coefficient (Wildman–Crippen LogP) is 3.20. The van der Waals surface area contributed by atoms with E-state index >= 15 is 0 Å². The number of amidine groups is 1. The van der Waals surface area contributed by atoms with Crippen LogP contribution in [0, 0.1) is 6.92 Å². The Balaban J connectivity index is 1.78. The summed E-state index contributed by atoms with van der Waals surface area (Å²) in [5.41, 5.74) is 1.69. The lowest BCUT2D eigenvalue weighted by molar-refractivity contribution is -0.127. The zero-order chi connectivity index (χ0) is 21.7. The molecule has 0 spiro atoms. The molecule has 2 amide bonds. The van der Waals surface area contributed by atoms with Crippen molar-refractivity contribution in [2.75, 3.05) is 11.9 Å². The predicted molar refractivity (Wildman–Crippen MR) is 119 cm³/mol. The first-order valence-electron chi connectivity index (χ1n) is 9.15. The van der Waals surface area contributed by atoms with Crippen LogP contribution < -0.4 is 5.32 Å². The second kappa shape index (κ2) is 9.27. The molecule has 0 unspecified atom stereocenters. The fourth-order valence-corrected chi connectivity index (χ4v) is 5.16. The largest absolute Gasteiger partial charge is 0.326 e. The number of nitrogens with zero attached hydrogens (tertiary/aromatic N) is 2. The standard InChI is InChI=1S/C21H21N3O4S2/c1-3-13-24-20(26)18(14-19(25)22-16-11-9-15(2)10-12-16)29-21(24)23-30(27,28)17-7-5-4-6-8-17/h3-12,18H,1,13-14H2,2H3,(H,22,25)/t18-/m0/s1. The van der Waals surface area contributed by atoms with E-state index in [1.165, 1.54) is 23.1 Å². The van der Waals surface area contributed by atoms with Gasteiger partial charge in [-0.05, 0) is 31.2 Å². The number of aryl methyl sites for hydroxylation is 1. The number of hydrogen-bond acceptors (Lipinski definition) is 5. The van der Waals surface area contributed by atoms with Crippen LogP contribution >= 0.6 is 11.8 Å². The first kappa shape index (κ1) is 21.8. The van der Waals surface area contributed by atoms with Crippen LogP contribution in [0.3, 0.4) is 0 Å². The highest BCUT2D eigenvalue weighted by Gasteiger charge is 2.39. The van der Waals surface area contributed by atoms with Crippen molar-refractivity contribution >= 4 is 44.5 Å². The molecule has 7 nitrogen and oxygen atoms in total. The molecule has 1 atom stereocenters. The molecular weight excluding hydrogens is 422 g/mol. The van der Waals surface area contributed by atoms with Gasteiger partial charge in [0.2, 0.25) is 11.8 Å². The molecule has 30 heavy (non-hydrogen) atoms. The van der Waals surface area contributed by atoms with Crippen LogP contribution in [-0.4, -0.2) is 42.1 Å². The normalized spacial score (nSPS) is 17.9. The number of thioether (sulfide) groups is 1. The van der Waals surface area contributed by atoms with Crippen molar-refractivity contribution in [1.82, 2.24) is 4.90 Å². The molecule has 0 aliphatic carbocycles. The molecule has 1 aliphatic rings. The summed E-state index contributed by atoms with van der Waals surface area (Å²) in [7, 11) is -3.98. The van der Waals surface area contributed by atoms with Gasteiger partial charge >= 0.3 is 0 Å². The number of sulfonamides is 1. The van der Waals surface area contributed by atoms with Gasteiger partial charge in [0.05, 0.1) is 4.90 Å². The van der Waals surface area contributed by atoms with Gasteiger partial charge in [-0.1, -0.05) is 53.7 Å². The Kier molecular flexibility index (Phi) is 6.73. The van der Waals surface area contributed by atoms with Gasteiger partial charge < -0.3 is 5.32 Å². The van der Waals surface area contributed by atoms with E-state index in [9.17, 15) is 18.0 Å². The maximum Gasteiger partial charge on any atom is 0.284 e. The summed E-state index contributed by atoms with van der Waals surface area (Å²) in [6, 6.07) is 15.1. The van der Waals surface area contributed by atoms with Crippen molar-refractivity contribution in [3.8, 4) is 0 Å². The molecule has 0 saturated carbocycles. The van der Waals surface area contributed by atoms with Crippen LogP contribution in [0.1, 0.15) is 12.0 Å². The molecule has 0 bridgehead atoms. The Morgan fingerprint density at radius 3 is 2.50 bits per heavy atom. The Hall–Kier alpha value is -2.91. The van der Waals surface area contributed by atoms with Crippen molar-refractivity contribution in [2.45, 2.75) is 23.5 Å². The third-order valence-corrected chi connectivity index (χ3v) is 6.85. The Morgan fingerprint density at radius 1 is 1.20 bits per heavy atom. The number of hydrogen-bond donors (Lipinski definition) is 1. The highest BCUT2D eigenvalue weighted by molar-refractivity contribution is 8.16. The molecule has 156 valence electrons. The average Bonchev–Trinajstić information content (AvgIpc) is 2.99. The van der Waals surface area contributed by atoms with Gasteiger partial charge in [-0.2, -0.15) is 8.42 Å². The van der Waals surface area contributed by atoms with E-state index in [0.717, 1.165) is 17.3 Å².